The first-order valence-corrected chi connectivity index (χ1v) is 8.39. The second-order valence-corrected chi connectivity index (χ2v) is 6.49. The summed E-state index contributed by atoms with van der Waals surface area (Å²) in [6.07, 6.45) is 9.47. The molecule has 0 spiro atoms. The maximum atomic E-state index is 9.34. The van der Waals surface area contributed by atoms with Crippen molar-refractivity contribution >= 4 is 12.4 Å². The molecule has 1 aliphatic carbocycles. The minimum atomic E-state index is 0. The van der Waals surface area contributed by atoms with E-state index < -0.39 is 0 Å². The zero-order valence-corrected chi connectivity index (χ0v) is 13.8. The van der Waals surface area contributed by atoms with E-state index in [4.69, 9.17) is 0 Å². The largest absolute Gasteiger partial charge is 0.395 e. The van der Waals surface area contributed by atoms with E-state index >= 15 is 0 Å². The van der Waals surface area contributed by atoms with Gasteiger partial charge in [0.2, 0.25) is 0 Å². The Balaban J connectivity index is 0.00000200. The van der Waals surface area contributed by atoms with E-state index in [1.165, 1.54) is 64.6 Å². The first-order valence-electron chi connectivity index (χ1n) is 8.39. The van der Waals surface area contributed by atoms with Crippen molar-refractivity contribution in [3.8, 4) is 0 Å². The Labute approximate surface area is 130 Å². The van der Waals surface area contributed by atoms with E-state index in [1.54, 1.807) is 0 Å². The highest BCUT2D eigenvalue weighted by Gasteiger charge is 2.26. The Morgan fingerprint density at radius 3 is 2.20 bits per heavy atom. The lowest BCUT2D eigenvalue weighted by Crippen LogP contribution is -2.44. The fourth-order valence-corrected chi connectivity index (χ4v) is 3.87. The van der Waals surface area contributed by atoms with Gasteiger partial charge in [0.15, 0.2) is 0 Å². The molecule has 120 valence electrons. The molecule has 0 unspecified atom stereocenters. The number of piperidine rings is 1. The first kappa shape index (κ1) is 18.2. The molecule has 4 heteroatoms. The van der Waals surface area contributed by atoms with Gasteiger partial charge in [-0.25, -0.2) is 0 Å². The van der Waals surface area contributed by atoms with Crippen LogP contribution in [-0.2, 0) is 0 Å². The Morgan fingerprint density at radius 2 is 1.65 bits per heavy atom. The molecule has 0 bridgehead atoms. The molecule has 2 N–H and O–H groups in total. The average molecular weight is 305 g/mol. The van der Waals surface area contributed by atoms with Crippen molar-refractivity contribution in [1.82, 2.24) is 10.2 Å². The van der Waals surface area contributed by atoms with Crippen LogP contribution in [0.2, 0.25) is 0 Å². The van der Waals surface area contributed by atoms with Crippen LogP contribution in [-0.4, -0.2) is 48.8 Å². The van der Waals surface area contributed by atoms with Gasteiger partial charge in [-0.3, -0.25) is 4.90 Å². The predicted molar refractivity (Wildman–Crippen MR) is 87.5 cm³/mol. The maximum absolute atomic E-state index is 9.34. The lowest BCUT2D eigenvalue weighted by atomic mass is 9.83. The number of aliphatic hydroxyl groups is 1. The van der Waals surface area contributed by atoms with Crippen molar-refractivity contribution in [2.45, 2.75) is 57.9 Å². The van der Waals surface area contributed by atoms with Gasteiger partial charge in [-0.05, 0) is 63.5 Å². The van der Waals surface area contributed by atoms with Crippen LogP contribution in [0.15, 0.2) is 0 Å². The minimum Gasteiger partial charge on any atom is -0.395 e. The molecule has 0 aromatic carbocycles. The highest BCUT2D eigenvalue weighted by molar-refractivity contribution is 5.85. The van der Waals surface area contributed by atoms with Gasteiger partial charge in [0.25, 0.3) is 0 Å². The molecule has 1 aliphatic heterocycles. The van der Waals surface area contributed by atoms with Crippen LogP contribution in [0.25, 0.3) is 0 Å². The number of rotatable bonds is 6. The molecule has 1 heterocycles. The van der Waals surface area contributed by atoms with E-state index in [0.29, 0.717) is 6.61 Å². The summed E-state index contributed by atoms with van der Waals surface area (Å²) in [6.45, 7) is 7.10. The fourth-order valence-electron chi connectivity index (χ4n) is 3.87. The monoisotopic (exact) mass is 304 g/mol. The van der Waals surface area contributed by atoms with Crippen LogP contribution in [0.3, 0.4) is 0 Å². The molecule has 0 amide bonds. The van der Waals surface area contributed by atoms with Crippen LogP contribution in [0.4, 0.5) is 0 Å². The number of halogens is 1. The summed E-state index contributed by atoms with van der Waals surface area (Å²) < 4.78 is 0. The Bertz CT molecular complexity index is 239. The van der Waals surface area contributed by atoms with E-state index in [0.717, 1.165) is 24.4 Å². The van der Waals surface area contributed by atoms with Crippen molar-refractivity contribution in [2.75, 3.05) is 32.8 Å². The third-order valence-corrected chi connectivity index (χ3v) is 5.25. The van der Waals surface area contributed by atoms with Crippen molar-refractivity contribution in [2.24, 2.45) is 11.8 Å². The van der Waals surface area contributed by atoms with Gasteiger partial charge in [-0.2, -0.15) is 0 Å². The van der Waals surface area contributed by atoms with Crippen LogP contribution in [0, 0.1) is 11.8 Å². The molecule has 1 saturated heterocycles. The summed E-state index contributed by atoms with van der Waals surface area (Å²) in [4.78, 5) is 2.60. The van der Waals surface area contributed by atoms with Gasteiger partial charge in [0, 0.05) is 19.1 Å². The standard InChI is InChI=1S/C16H32N2O.ClH/c1-2-14-3-5-16(6-4-14)18(11-12-19)13-15-7-9-17-10-8-15;/h14-17,19H,2-13H2,1H3;1H. The highest BCUT2D eigenvalue weighted by Crippen LogP contribution is 2.30. The summed E-state index contributed by atoms with van der Waals surface area (Å²) in [7, 11) is 0. The van der Waals surface area contributed by atoms with Crippen molar-refractivity contribution in [3.05, 3.63) is 0 Å². The molecular formula is C16H33ClN2O. The first-order chi connectivity index (χ1) is 9.33. The fraction of sp³-hybridized carbons (Fsp3) is 1.00. The summed E-state index contributed by atoms with van der Waals surface area (Å²) in [5.74, 6) is 1.81. The van der Waals surface area contributed by atoms with E-state index in [1.807, 2.05) is 0 Å². The third kappa shape index (κ3) is 5.51. The second kappa shape index (κ2) is 9.99. The van der Waals surface area contributed by atoms with Crippen LogP contribution >= 0.6 is 12.4 Å². The van der Waals surface area contributed by atoms with E-state index in [2.05, 4.69) is 17.1 Å². The third-order valence-electron chi connectivity index (χ3n) is 5.25. The Morgan fingerprint density at radius 1 is 1.00 bits per heavy atom. The molecule has 1 saturated carbocycles. The SMILES string of the molecule is CCC1CCC(N(CCO)CC2CCNCC2)CC1.Cl. The molecule has 0 atom stereocenters. The molecule has 0 aromatic heterocycles. The molecule has 0 radical (unpaired) electrons. The quantitative estimate of drug-likeness (QED) is 0.792. The number of aliphatic hydroxyl groups excluding tert-OH is 1. The number of nitrogens with one attached hydrogen (secondary N) is 1. The average Bonchev–Trinajstić information content (AvgIpc) is 2.48. The Kier molecular flexibility index (Phi) is 9.10. The van der Waals surface area contributed by atoms with Gasteiger partial charge in [0.1, 0.15) is 0 Å². The zero-order valence-electron chi connectivity index (χ0n) is 13.0. The van der Waals surface area contributed by atoms with Gasteiger partial charge in [-0.1, -0.05) is 13.3 Å². The zero-order chi connectivity index (χ0) is 13.5. The van der Waals surface area contributed by atoms with Crippen molar-refractivity contribution in [1.29, 1.82) is 0 Å². The molecule has 2 fully saturated rings. The smallest absolute Gasteiger partial charge is 0.0558 e. The normalized spacial score (nSPS) is 28.4. The van der Waals surface area contributed by atoms with Gasteiger partial charge in [-0.15, -0.1) is 12.4 Å². The number of hydrogen-bond donors (Lipinski definition) is 2. The minimum absolute atomic E-state index is 0. The molecular weight excluding hydrogens is 272 g/mol. The molecule has 2 rings (SSSR count). The van der Waals surface area contributed by atoms with Gasteiger partial charge < -0.3 is 10.4 Å². The van der Waals surface area contributed by atoms with Crippen molar-refractivity contribution < 1.29 is 5.11 Å². The molecule has 3 nitrogen and oxygen atoms in total. The number of nitrogens with zero attached hydrogens (tertiary/aromatic N) is 1. The summed E-state index contributed by atoms with van der Waals surface area (Å²) in [5.41, 5.74) is 0. The topological polar surface area (TPSA) is 35.5 Å². The van der Waals surface area contributed by atoms with Crippen LogP contribution < -0.4 is 5.32 Å². The second-order valence-electron chi connectivity index (χ2n) is 6.49. The van der Waals surface area contributed by atoms with E-state index in [-0.39, 0.29) is 12.4 Å². The van der Waals surface area contributed by atoms with Crippen molar-refractivity contribution in [3.63, 3.8) is 0 Å². The van der Waals surface area contributed by atoms with Gasteiger partial charge >= 0.3 is 0 Å². The predicted octanol–water partition coefficient (Wildman–Crippen LogP) is 2.67. The molecule has 0 aromatic rings. The Hall–Kier alpha value is 0.170. The summed E-state index contributed by atoms with van der Waals surface area (Å²) in [6, 6.07) is 0.741. The van der Waals surface area contributed by atoms with E-state index in [9.17, 15) is 5.11 Å². The summed E-state index contributed by atoms with van der Waals surface area (Å²) >= 11 is 0. The lowest BCUT2D eigenvalue weighted by Gasteiger charge is -2.39. The molecule has 20 heavy (non-hydrogen) atoms. The van der Waals surface area contributed by atoms with Gasteiger partial charge in [0.05, 0.1) is 6.61 Å². The highest BCUT2D eigenvalue weighted by atomic mass is 35.5. The van der Waals surface area contributed by atoms with Crippen LogP contribution in [0.5, 0.6) is 0 Å². The molecule has 2 aliphatic rings. The summed E-state index contributed by atoms with van der Waals surface area (Å²) in [5, 5.41) is 12.8. The number of hydrogen-bond acceptors (Lipinski definition) is 3. The van der Waals surface area contributed by atoms with Crippen LogP contribution in [0.1, 0.15) is 51.9 Å². The maximum Gasteiger partial charge on any atom is 0.0558 e. The lowest BCUT2D eigenvalue weighted by molar-refractivity contribution is 0.0877.